The molecule has 1 heterocycles. The number of nitrogens with zero attached hydrogens (tertiary/aromatic N) is 2. The molecule has 3 nitrogen and oxygen atoms in total. The van der Waals surface area contributed by atoms with Gasteiger partial charge in [-0.15, -0.1) is 0 Å². The molecule has 106 valence electrons. The molecule has 0 aliphatic heterocycles. The van der Waals surface area contributed by atoms with Gasteiger partial charge < -0.3 is 9.88 Å². The minimum atomic E-state index is 0.630. The van der Waals surface area contributed by atoms with E-state index in [1.807, 2.05) is 17.1 Å². The average Bonchev–Trinajstić information content (AvgIpc) is 3.18. The first kappa shape index (κ1) is 13.4. The highest BCUT2D eigenvalue weighted by Gasteiger charge is 2.20. The van der Waals surface area contributed by atoms with E-state index < -0.39 is 0 Å². The lowest BCUT2D eigenvalue weighted by Crippen LogP contribution is -2.31. The number of benzene rings is 1. The molecular formula is C17H23N3. The van der Waals surface area contributed by atoms with Crippen molar-refractivity contribution in [2.24, 2.45) is 5.92 Å². The van der Waals surface area contributed by atoms with Crippen LogP contribution in [-0.4, -0.2) is 15.6 Å². The van der Waals surface area contributed by atoms with Gasteiger partial charge in [-0.1, -0.05) is 25.0 Å². The summed E-state index contributed by atoms with van der Waals surface area (Å²) < 4.78 is 2.03. The monoisotopic (exact) mass is 269 g/mol. The van der Waals surface area contributed by atoms with Crippen LogP contribution in [0.1, 0.15) is 38.2 Å². The first-order valence-corrected chi connectivity index (χ1v) is 7.63. The van der Waals surface area contributed by atoms with Gasteiger partial charge in [0.1, 0.15) is 0 Å². The molecular weight excluding hydrogens is 246 g/mol. The van der Waals surface area contributed by atoms with Gasteiger partial charge in [0.15, 0.2) is 0 Å². The number of rotatable bonds is 5. The molecule has 20 heavy (non-hydrogen) atoms. The Kier molecular flexibility index (Phi) is 4.16. The first-order chi connectivity index (χ1) is 9.83. The molecule has 0 radical (unpaired) electrons. The van der Waals surface area contributed by atoms with Gasteiger partial charge in [-0.2, -0.15) is 0 Å². The Labute approximate surface area is 121 Å². The second kappa shape index (κ2) is 6.23. The topological polar surface area (TPSA) is 29.9 Å². The van der Waals surface area contributed by atoms with Crippen molar-refractivity contribution in [3.8, 4) is 5.69 Å². The molecule has 1 N–H and O–H groups in total. The zero-order valence-electron chi connectivity index (χ0n) is 12.1. The zero-order valence-corrected chi connectivity index (χ0v) is 12.1. The third-order valence-corrected chi connectivity index (χ3v) is 4.47. The highest BCUT2D eigenvalue weighted by Crippen LogP contribution is 2.27. The number of aromatic nitrogens is 2. The summed E-state index contributed by atoms with van der Waals surface area (Å²) in [5, 5.41) is 3.68. The fraction of sp³-hybridized carbons (Fsp3) is 0.471. The second-order valence-corrected chi connectivity index (χ2v) is 5.85. The van der Waals surface area contributed by atoms with E-state index >= 15 is 0 Å². The van der Waals surface area contributed by atoms with E-state index in [9.17, 15) is 0 Å². The van der Waals surface area contributed by atoms with Crippen molar-refractivity contribution in [1.29, 1.82) is 0 Å². The van der Waals surface area contributed by atoms with Crippen LogP contribution in [-0.2, 0) is 6.54 Å². The van der Waals surface area contributed by atoms with Crippen LogP contribution >= 0.6 is 0 Å². The molecule has 1 aliphatic rings. The molecule has 2 aromatic rings. The summed E-state index contributed by atoms with van der Waals surface area (Å²) in [5.41, 5.74) is 2.51. The molecule has 1 saturated carbocycles. The van der Waals surface area contributed by atoms with Crippen LogP contribution < -0.4 is 5.32 Å². The smallest absolute Gasteiger partial charge is 0.0991 e. The summed E-state index contributed by atoms with van der Waals surface area (Å²) >= 11 is 0. The van der Waals surface area contributed by atoms with Crippen LogP contribution in [0.2, 0.25) is 0 Å². The SMILES string of the molecule is CC(NCc1ccc(-n2ccnc2)cc1)C1CCCC1. The Morgan fingerprint density at radius 2 is 2.00 bits per heavy atom. The lowest BCUT2D eigenvalue weighted by molar-refractivity contribution is 0.380. The molecule has 1 atom stereocenters. The van der Waals surface area contributed by atoms with Gasteiger partial charge in [0.25, 0.3) is 0 Å². The van der Waals surface area contributed by atoms with Crippen LogP contribution in [0, 0.1) is 5.92 Å². The maximum Gasteiger partial charge on any atom is 0.0991 e. The Hall–Kier alpha value is -1.61. The number of nitrogens with one attached hydrogen (secondary N) is 1. The van der Waals surface area contributed by atoms with E-state index in [1.165, 1.54) is 31.2 Å². The molecule has 1 fully saturated rings. The Morgan fingerprint density at radius 1 is 1.25 bits per heavy atom. The summed E-state index contributed by atoms with van der Waals surface area (Å²) in [6.45, 7) is 3.29. The van der Waals surface area contributed by atoms with Gasteiger partial charge in [-0.25, -0.2) is 4.98 Å². The minimum absolute atomic E-state index is 0.630. The Morgan fingerprint density at radius 3 is 2.65 bits per heavy atom. The average molecular weight is 269 g/mol. The summed E-state index contributed by atoms with van der Waals surface area (Å²) in [6, 6.07) is 9.33. The van der Waals surface area contributed by atoms with Crippen LogP contribution in [0.25, 0.3) is 5.69 Å². The molecule has 0 amide bonds. The molecule has 1 unspecified atom stereocenters. The standard InChI is InChI=1S/C17H23N3/c1-14(16-4-2-3-5-16)19-12-15-6-8-17(9-7-15)20-11-10-18-13-20/h6-11,13-14,16,19H,2-5,12H2,1H3. The third kappa shape index (κ3) is 3.10. The van der Waals surface area contributed by atoms with Crippen molar-refractivity contribution in [1.82, 2.24) is 14.9 Å². The van der Waals surface area contributed by atoms with E-state index in [-0.39, 0.29) is 0 Å². The van der Waals surface area contributed by atoms with Crippen LogP contribution in [0.3, 0.4) is 0 Å². The highest BCUT2D eigenvalue weighted by atomic mass is 15.0. The predicted octanol–water partition coefficient (Wildman–Crippen LogP) is 3.54. The summed E-state index contributed by atoms with van der Waals surface area (Å²) in [7, 11) is 0. The van der Waals surface area contributed by atoms with E-state index in [2.05, 4.69) is 41.5 Å². The maximum atomic E-state index is 4.08. The molecule has 3 heteroatoms. The molecule has 1 aromatic carbocycles. The van der Waals surface area contributed by atoms with Gasteiger partial charge in [0.05, 0.1) is 6.33 Å². The number of hydrogen-bond acceptors (Lipinski definition) is 2. The van der Waals surface area contributed by atoms with Crippen molar-refractivity contribution in [3.05, 3.63) is 48.5 Å². The zero-order chi connectivity index (χ0) is 13.8. The Balaban J connectivity index is 1.55. The molecule has 0 bridgehead atoms. The lowest BCUT2D eigenvalue weighted by atomic mass is 9.99. The maximum absolute atomic E-state index is 4.08. The van der Waals surface area contributed by atoms with Gasteiger partial charge in [-0.3, -0.25) is 0 Å². The van der Waals surface area contributed by atoms with Crippen LogP contribution in [0.4, 0.5) is 0 Å². The van der Waals surface area contributed by atoms with Crippen LogP contribution in [0.15, 0.2) is 43.0 Å². The normalized spacial score (nSPS) is 17.4. The summed E-state index contributed by atoms with van der Waals surface area (Å²) in [6.07, 6.45) is 11.2. The van der Waals surface area contributed by atoms with Crippen molar-refractivity contribution in [3.63, 3.8) is 0 Å². The van der Waals surface area contributed by atoms with Crippen molar-refractivity contribution < 1.29 is 0 Å². The summed E-state index contributed by atoms with van der Waals surface area (Å²) in [4.78, 5) is 4.08. The van der Waals surface area contributed by atoms with Gasteiger partial charge >= 0.3 is 0 Å². The van der Waals surface area contributed by atoms with E-state index in [4.69, 9.17) is 0 Å². The molecule has 0 saturated heterocycles. The third-order valence-electron chi connectivity index (χ3n) is 4.47. The number of hydrogen-bond donors (Lipinski definition) is 1. The summed E-state index contributed by atoms with van der Waals surface area (Å²) in [5.74, 6) is 0.875. The van der Waals surface area contributed by atoms with Crippen molar-refractivity contribution in [2.45, 2.75) is 45.2 Å². The molecule has 0 spiro atoms. The highest BCUT2D eigenvalue weighted by molar-refractivity contribution is 5.34. The van der Waals surface area contributed by atoms with Gasteiger partial charge in [0, 0.05) is 30.7 Å². The van der Waals surface area contributed by atoms with Crippen molar-refractivity contribution in [2.75, 3.05) is 0 Å². The largest absolute Gasteiger partial charge is 0.310 e. The first-order valence-electron chi connectivity index (χ1n) is 7.63. The van der Waals surface area contributed by atoms with Gasteiger partial charge in [-0.05, 0) is 43.4 Å². The quantitative estimate of drug-likeness (QED) is 0.899. The van der Waals surface area contributed by atoms with E-state index in [1.54, 1.807) is 6.20 Å². The van der Waals surface area contributed by atoms with Crippen molar-refractivity contribution >= 4 is 0 Å². The molecule has 3 rings (SSSR count). The Bertz CT molecular complexity index is 510. The molecule has 1 aromatic heterocycles. The van der Waals surface area contributed by atoms with E-state index in [0.29, 0.717) is 6.04 Å². The minimum Gasteiger partial charge on any atom is -0.310 e. The van der Waals surface area contributed by atoms with Crippen LogP contribution in [0.5, 0.6) is 0 Å². The number of imidazole rings is 1. The fourth-order valence-electron chi connectivity index (χ4n) is 3.10. The predicted molar refractivity (Wildman–Crippen MR) is 81.8 cm³/mol. The van der Waals surface area contributed by atoms with E-state index in [0.717, 1.165) is 18.2 Å². The fourth-order valence-corrected chi connectivity index (χ4v) is 3.10. The van der Waals surface area contributed by atoms with Gasteiger partial charge in [0.2, 0.25) is 0 Å². The molecule has 1 aliphatic carbocycles. The lowest BCUT2D eigenvalue weighted by Gasteiger charge is -2.20. The second-order valence-electron chi connectivity index (χ2n) is 5.85.